The Morgan fingerprint density at radius 1 is 0.933 bits per heavy atom. The lowest BCUT2D eigenvalue weighted by atomic mass is 10.1. The van der Waals surface area contributed by atoms with Gasteiger partial charge in [-0.2, -0.15) is 0 Å². The van der Waals surface area contributed by atoms with Crippen LogP contribution in [-0.2, 0) is 23.1 Å². The average molecular weight is 464 g/mol. The molecule has 0 bridgehead atoms. The lowest BCUT2D eigenvalue weighted by molar-refractivity contribution is 0.282. The molecule has 0 saturated heterocycles. The Bertz CT molecular complexity index is 1090. The summed E-state index contributed by atoms with van der Waals surface area (Å²) >= 11 is 12.1. The highest BCUT2D eigenvalue weighted by molar-refractivity contribution is 7.92. The van der Waals surface area contributed by atoms with Crippen LogP contribution in [0.5, 0.6) is 0 Å². The van der Waals surface area contributed by atoms with Crippen LogP contribution in [0.4, 0.5) is 5.69 Å². The summed E-state index contributed by atoms with van der Waals surface area (Å²) in [6.45, 7) is 1.56. The summed E-state index contributed by atoms with van der Waals surface area (Å²) < 4.78 is 28.6. The molecule has 1 atom stereocenters. The number of hydrogen-bond donors (Lipinski definition) is 1. The molecule has 0 aliphatic rings. The van der Waals surface area contributed by atoms with Crippen molar-refractivity contribution in [2.24, 2.45) is 0 Å². The molecule has 0 fully saturated rings. The van der Waals surface area contributed by atoms with E-state index in [4.69, 9.17) is 23.2 Å². The van der Waals surface area contributed by atoms with E-state index < -0.39 is 10.0 Å². The van der Waals surface area contributed by atoms with E-state index in [1.165, 1.54) is 16.4 Å². The van der Waals surface area contributed by atoms with Gasteiger partial charge < -0.3 is 5.11 Å². The molecule has 30 heavy (non-hydrogen) atoms. The lowest BCUT2D eigenvalue weighted by Crippen LogP contribution is -2.39. The molecule has 3 aromatic carbocycles. The van der Waals surface area contributed by atoms with Crippen LogP contribution in [0.2, 0.25) is 10.0 Å². The lowest BCUT2D eigenvalue weighted by Gasteiger charge is -2.32. The molecular weight excluding hydrogens is 441 g/mol. The van der Waals surface area contributed by atoms with Crippen molar-refractivity contribution in [3.63, 3.8) is 0 Å². The molecule has 1 N–H and O–H groups in total. The Hall–Kier alpha value is -2.05. The first-order valence-electron chi connectivity index (χ1n) is 9.56. The van der Waals surface area contributed by atoms with Crippen LogP contribution >= 0.6 is 23.2 Å². The molecule has 7 heteroatoms. The molecule has 0 saturated carbocycles. The van der Waals surface area contributed by atoms with Gasteiger partial charge >= 0.3 is 0 Å². The van der Waals surface area contributed by atoms with E-state index in [0.717, 1.165) is 5.56 Å². The Morgan fingerprint density at radius 2 is 1.57 bits per heavy atom. The molecule has 4 nitrogen and oxygen atoms in total. The molecule has 0 unspecified atom stereocenters. The number of halogens is 2. The predicted molar refractivity (Wildman–Crippen MR) is 123 cm³/mol. The maximum atomic E-state index is 13.6. The van der Waals surface area contributed by atoms with E-state index in [1.54, 1.807) is 30.3 Å². The smallest absolute Gasteiger partial charge is 0.264 e. The van der Waals surface area contributed by atoms with E-state index in [2.05, 4.69) is 0 Å². The fourth-order valence-electron chi connectivity index (χ4n) is 3.34. The highest BCUT2D eigenvalue weighted by atomic mass is 35.5. The Balaban J connectivity index is 2.04. The number of hydrogen-bond acceptors (Lipinski definition) is 3. The Kier molecular flexibility index (Phi) is 7.42. The van der Waals surface area contributed by atoms with Crippen molar-refractivity contribution in [2.75, 3.05) is 4.31 Å². The van der Waals surface area contributed by atoms with Crippen molar-refractivity contribution >= 4 is 38.9 Å². The first-order valence-corrected chi connectivity index (χ1v) is 11.8. The average Bonchev–Trinajstić information content (AvgIpc) is 2.73. The van der Waals surface area contributed by atoms with Crippen LogP contribution in [0.25, 0.3) is 0 Å². The second kappa shape index (κ2) is 9.84. The molecule has 0 aromatic heterocycles. The maximum absolute atomic E-state index is 13.6. The van der Waals surface area contributed by atoms with Gasteiger partial charge in [-0.3, -0.25) is 4.31 Å². The van der Waals surface area contributed by atoms with E-state index in [-0.39, 0.29) is 17.5 Å². The summed E-state index contributed by atoms with van der Waals surface area (Å²) in [6, 6.07) is 20.5. The number of aryl methyl sites for hydroxylation is 1. The summed E-state index contributed by atoms with van der Waals surface area (Å²) in [7, 11) is -3.92. The van der Waals surface area contributed by atoms with Gasteiger partial charge in [-0.1, -0.05) is 59.6 Å². The number of sulfonamides is 1. The molecule has 0 aliphatic carbocycles. The van der Waals surface area contributed by atoms with Crippen molar-refractivity contribution in [1.29, 1.82) is 0 Å². The summed E-state index contributed by atoms with van der Waals surface area (Å²) in [5.74, 6) is 0. The highest BCUT2D eigenvalue weighted by Gasteiger charge is 2.31. The number of nitrogens with zero attached hydrogens (tertiary/aromatic N) is 1. The summed E-state index contributed by atoms with van der Waals surface area (Å²) in [5, 5.41) is 10.7. The molecule has 3 aromatic rings. The Labute approximate surface area is 187 Å². The fraction of sp³-hybridized carbons (Fsp3) is 0.217. The van der Waals surface area contributed by atoms with Crippen LogP contribution in [0.3, 0.4) is 0 Å². The van der Waals surface area contributed by atoms with Gasteiger partial charge in [0.05, 0.1) is 17.2 Å². The van der Waals surface area contributed by atoms with Crippen LogP contribution in [-0.4, -0.2) is 19.6 Å². The monoisotopic (exact) mass is 463 g/mol. The van der Waals surface area contributed by atoms with Gasteiger partial charge in [0, 0.05) is 21.7 Å². The van der Waals surface area contributed by atoms with Crippen molar-refractivity contribution in [2.45, 2.75) is 37.3 Å². The minimum atomic E-state index is -3.92. The first-order chi connectivity index (χ1) is 14.3. The highest BCUT2D eigenvalue weighted by Crippen LogP contribution is 2.33. The van der Waals surface area contributed by atoms with Gasteiger partial charge in [0.2, 0.25) is 0 Å². The third-order valence-corrected chi connectivity index (χ3v) is 7.35. The largest absolute Gasteiger partial charge is 0.392 e. The van der Waals surface area contributed by atoms with Gasteiger partial charge in [-0.15, -0.1) is 0 Å². The minimum absolute atomic E-state index is 0.127. The SMILES string of the molecule is C[C@H](CCc1ccccc1)N(c1cc(Cl)ccc1CO)S(=O)(=O)c1ccc(Cl)cc1. The van der Waals surface area contributed by atoms with Crippen LogP contribution in [0.1, 0.15) is 24.5 Å². The second-order valence-electron chi connectivity index (χ2n) is 7.06. The third-order valence-electron chi connectivity index (χ3n) is 4.92. The fourth-order valence-corrected chi connectivity index (χ4v) is 5.34. The molecular formula is C23H23Cl2NO3S. The van der Waals surface area contributed by atoms with E-state index >= 15 is 0 Å². The van der Waals surface area contributed by atoms with Gasteiger partial charge in [0.15, 0.2) is 0 Å². The van der Waals surface area contributed by atoms with Gasteiger partial charge in [0.25, 0.3) is 10.0 Å². The second-order valence-corrected chi connectivity index (χ2v) is 9.75. The van der Waals surface area contributed by atoms with E-state index in [9.17, 15) is 13.5 Å². The number of benzene rings is 3. The quantitative estimate of drug-likeness (QED) is 0.465. The molecule has 0 aliphatic heterocycles. The van der Waals surface area contributed by atoms with Crippen LogP contribution in [0.15, 0.2) is 77.7 Å². The maximum Gasteiger partial charge on any atom is 0.264 e. The zero-order valence-electron chi connectivity index (χ0n) is 16.5. The molecule has 0 heterocycles. The zero-order chi connectivity index (χ0) is 21.7. The Morgan fingerprint density at radius 3 is 2.20 bits per heavy atom. The molecule has 0 radical (unpaired) electrons. The summed E-state index contributed by atoms with van der Waals surface area (Å²) in [5.41, 5.74) is 1.99. The first kappa shape index (κ1) is 22.6. The van der Waals surface area contributed by atoms with Crippen molar-refractivity contribution < 1.29 is 13.5 Å². The minimum Gasteiger partial charge on any atom is -0.392 e. The molecule has 0 amide bonds. The van der Waals surface area contributed by atoms with Crippen LogP contribution in [0, 0.1) is 0 Å². The van der Waals surface area contributed by atoms with Crippen LogP contribution < -0.4 is 4.31 Å². The number of anilines is 1. The summed E-state index contributed by atoms with van der Waals surface area (Å²) in [4.78, 5) is 0.127. The molecule has 0 spiro atoms. The number of aliphatic hydroxyl groups excluding tert-OH is 1. The van der Waals surface area contributed by atoms with Crippen molar-refractivity contribution in [3.8, 4) is 0 Å². The number of aliphatic hydroxyl groups is 1. The van der Waals surface area contributed by atoms with E-state index in [1.807, 2.05) is 37.3 Å². The van der Waals surface area contributed by atoms with Gasteiger partial charge in [-0.05, 0) is 61.7 Å². The molecule has 158 valence electrons. The predicted octanol–water partition coefficient (Wildman–Crippen LogP) is 5.70. The van der Waals surface area contributed by atoms with Crippen molar-refractivity contribution in [1.82, 2.24) is 0 Å². The standard InChI is InChI=1S/C23H23Cl2NO3S/c1-17(7-8-18-5-3-2-4-6-18)26(23-15-21(25)10-9-19(23)16-27)30(28,29)22-13-11-20(24)12-14-22/h2-6,9-15,17,27H,7-8,16H2,1H3/t17-/m1/s1. The topological polar surface area (TPSA) is 57.6 Å². The normalized spacial score (nSPS) is 12.5. The molecule has 3 rings (SSSR count). The number of rotatable bonds is 8. The van der Waals surface area contributed by atoms with Crippen molar-refractivity contribution in [3.05, 3.63) is 94.0 Å². The van der Waals surface area contributed by atoms with E-state index in [0.29, 0.717) is 34.1 Å². The zero-order valence-corrected chi connectivity index (χ0v) is 18.8. The third kappa shape index (κ3) is 5.16. The summed E-state index contributed by atoms with van der Waals surface area (Å²) in [6.07, 6.45) is 1.30. The van der Waals surface area contributed by atoms with Gasteiger partial charge in [0.1, 0.15) is 0 Å². The van der Waals surface area contributed by atoms with Gasteiger partial charge in [-0.25, -0.2) is 8.42 Å².